The molecule has 0 aliphatic rings. The highest BCUT2D eigenvalue weighted by atomic mass is 16.6. The molecule has 0 heterocycles. The standard InChI is InChI=1S/C65H104O5/c1-4-7-10-13-16-19-22-25-28-31-33-35-37-40-43-46-49-52-55-58-64(66)69-62-63(61-68-60-57-54-51-48-45-42-39-30-27-24-21-18-15-12-9-6-3)70-65(67)59-56-53-50-47-44-41-38-36-34-32-29-26-23-20-17-14-11-8-5-2/h7-8,10-11,16-21,25-30,33-36,40-41,43-44,63H,4-6,9,12-15,22-24,31-32,37-39,42,45-62H2,1-3H3/b10-7-,11-8-,19-16-,20-17-,21-18-,28-25-,29-26-,30-27-,35-33-,36-34-,43-40-,44-41-. The van der Waals surface area contributed by atoms with Crippen LogP contribution < -0.4 is 0 Å². The molecule has 0 radical (unpaired) electrons. The second-order valence-electron chi connectivity index (χ2n) is 18.1. The molecule has 0 N–H and O–H groups in total. The summed E-state index contributed by atoms with van der Waals surface area (Å²) in [5.41, 5.74) is 0. The summed E-state index contributed by atoms with van der Waals surface area (Å²) in [4.78, 5) is 25.5. The van der Waals surface area contributed by atoms with E-state index in [9.17, 15) is 9.59 Å². The highest BCUT2D eigenvalue weighted by Crippen LogP contribution is 2.12. The Morgan fingerprint density at radius 2 is 0.643 bits per heavy atom. The van der Waals surface area contributed by atoms with Gasteiger partial charge in [0.15, 0.2) is 6.10 Å². The molecule has 0 spiro atoms. The number of esters is 2. The molecule has 0 aliphatic heterocycles. The zero-order valence-electron chi connectivity index (χ0n) is 45.2. The van der Waals surface area contributed by atoms with E-state index < -0.39 is 6.10 Å². The molecule has 5 heteroatoms. The third-order valence-electron chi connectivity index (χ3n) is 11.3. The van der Waals surface area contributed by atoms with E-state index in [0.717, 1.165) is 141 Å². The second-order valence-corrected chi connectivity index (χ2v) is 18.1. The molecule has 0 aromatic carbocycles. The van der Waals surface area contributed by atoms with Gasteiger partial charge in [-0.3, -0.25) is 9.59 Å². The zero-order chi connectivity index (χ0) is 50.6. The van der Waals surface area contributed by atoms with Crippen LogP contribution in [0.3, 0.4) is 0 Å². The molecule has 0 saturated heterocycles. The molecular weight excluding hydrogens is 861 g/mol. The van der Waals surface area contributed by atoms with Gasteiger partial charge in [-0.05, 0) is 141 Å². The molecular formula is C65H104O5. The molecule has 0 fully saturated rings. The Kier molecular flexibility index (Phi) is 55.5. The molecule has 5 nitrogen and oxygen atoms in total. The Labute approximate surface area is 431 Å². The highest BCUT2D eigenvalue weighted by Gasteiger charge is 2.17. The third kappa shape index (κ3) is 56.4. The van der Waals surface area contributed by atoms with Gasteiger partial charge < -0.3 is 14.2 Å². The van der Waals surface area contributed by atoms with Crippen LogP contribution in [-0.2, 0) is 23.8 Å². The summed E-state index contributed by atoms with van der Waals surface area (Å²) in [7, 11) is 0. The van der Waals surface area contributed by atoms with E-state index in [0.29, 0.717) is 19.4 Å². The molecule has 0 bridgehead atoms. The number of hydrogen-bond acceptors (Lipinski definition) is 5. The average molecular weight is 966 g/mol. The van der Waals surface area contributed by atoms with Gasteiger partial charge in [0.05, 0.1) is 6.61 Å². The molecule has 0 aromatic heterocycles. The summed E-state index contributed by atoms with van der Waals surface area (Å²) < 4.78 is 17.4. The van der Waals surface area contributed by atoms with Gasteiger partial charge in [0, 0.05) is 19.4 Å². The lowest BCUT2D eigenvalue weighted by atomic mass is 10.1. The molecule has 70 heavy (non-hydrogen) atoms. The first kappa shape index (κ1) is 65.8. The molecule has 0 rings (SSSR count). The molecule has 0 saturated carbocycles. The second kappa shape index (κ2) is 59.1. The number of allylic oxidation sites excluding steroid dienone is 24. The normalized spacial score (nSPS) is 13.4. The Balaban J connectivity index is 4.47. The van der Waals surface area contributed by atoms with E-state index in [1.165, 1.54) is 51.4 Å². The number of ether oxygens (including phenoxy) is 3. The summed E-state index contributed by atoms with van der Waals surface area (Å²) in [6.45, 7) is 7.47. The van der Waals surface area contributed by atoms with Gasteiger partial charge in [0.1, 0.15) is 6.61 Å². The SMILES string of the molecule is CC/C=C\C/C=C\C/C=C\C/C=C\C/C=C\CCCCCC(=O)OCC(COCCCCCCCC/C=C\C/C=C\CCCCC)OC(=O)CCCCC/C=C\C/C=C\C/C=C\C/C=C\C/C=C\CC. The Morgan fingerprint density at radius 1 is 0.329 bits per heavy atom. The van der Waals surface area contributed by atoms with Crippen LogP contribution >= 0.6 is 0 Å². The quantitative estimate of drug-likeness (QED) is 0.0345. The summed E-state index contributed by atoms with van der Waals surface area (Å²) in [5.74, 6) is -0.487. The van der Waals surface area contributed by atoms with Crippen molar-refractivity contribution in [3.8, 4) is 0 Å². The van der Waals surface area contributed by atoms with Crippen LogP contribution in [-0.4, -0.2) is 37.9 Å². The van der Waals surface area contributed by atoms with Crippen molar-refractivity contribution in [3.63, 3.8) is 0 Å². The van der Waals surface area contributed by atoms with Gasteiger partial charge in [-0.15, -0.1) is 0 Å². The number of carbonyl (C=O) groups is 2. The van der Waals surface area contributed by atoms with Crippen LogP contribution in [0.15, 0.2) is 146 Å². The lowest BCUT2D eigenvalue weighted by Crippen LogP contribution is -2.30. The maximum Gasteiger partial charge on any atom is 0.306 e. The van der Waals surface area contributed by atoms with E-state index in [2.05, 4.69) is 167 Å². The minimum atomic E-state index is -0.585. The number of hydrogen-bond donors (Lipinski definition) is 0. The summed E-state index contributed by atoms with van der Waals surface area (Å²) >= 11 is 0. The van der Waals surface area contributed by atoms with Crippen molar-refractivity contribution in [2.75, 3.05) is 19.8 Å². The van der Waals surface area contributed by atoms with Crippen LogP contribution in [0.5, 0.6) is 0 Å². The predicted molar refractivity (Wildman–Crippen MR) is 306 cm³/mol. The molecule has 1 atom stereocenters. The maximum atomic E-state index is 12.9. The van der Waals surface area contributed by atoms with Crippen molar-refractivity contribution in [1.82, 2.24) is 0 Å². The van der Waals surface area contributed by atoms with Crippen molar-refractivity contribution in [2.45, 2.75) is 232 Å². The van der Waals surface area contributed by atoms with Crippen molar-refractivity contribution in [3.05, 3.63) is 146 Å². The number of unbranched alkanes of at least 4 members (excludes halogenated alkanes) is 15. The Bertz CT molecular complexity index is 1510. The van der Waals surface area contributed by atoms with Gasteiger partial charge in [-0.2, -0.15) is 0 Å². The fourth-order valence-corrected chi connectivity index (χ4v) is 7.18. The lowest BCUT2D eigenvalue weighted by Gasteiger charge is -2.18. The number of carbonyl (C=O) groups excluding carboxylic acids is 2. The minimum absolute atomic E-state index is 0.0401. The van der Waals surface area contributed by atoms with Crippen LogP contribution in [0.2, 0.25) is 0 Å². The molecule has 1 unspecified atom stereocenters. The largest absolute Gasteiger partial charge is 0.462 e. The Hall–Kier alpha value is -4.22. The first-order valence-electron chi connectivity index (χ1n) is 28.4. The fourth-order valence-electron chi connectivity index (χ4n) is 7.18. The van der Waals surface area contributed by atoms with Crippen LogP contribution in [0.4, 0.5) is 0 Å². The molecule has 0 amide bonds. The van der Waals surface area contributed by atoms with Crippen LogP contribution in [0.25, 0.3) is 0 Å². The maximum absolute atomic E-state index is 12.9. The Morgan fingerprint density at radius 3 is 1.03 bits per heavy atom. The highest BCUT2D eigenvalue weighted by molar-refractivity contribution is 5.70. The first-order valence-corrected chi connectivity index (χ1v) is 28.4. The topological polar surface area (TPSA) is 61.8 Å². The van der Waals surface area contributed by atoms with Crippen LogP contribution in [0.1, 0.15) is 226 Å². The summed E-state index contributed by atoms with van der Waals surface area (Å²) in [5, 5.41) is 0. The predicted octanol–water partition coefficient (Wildman–Crippen LogP) is 19.7. The smallest absolute Gasteiger partial charge is 0.306 e. The van der Waals surface area contributed by atoms with E-state index in [1.807, 2.05) is 0 Å². The van der Waals surface area contributed by atoms with Crippen molar-refractivity contribution >= 4 is 11.9 Å². The monoisotopic (exact) mass is 965 g/mol. The summed E-state index contributed by atoms with van der Waals surface area (Å²) in [6.07, 6.45) is 85.8. The fraction of sp³-hybridized carbons (Fsp3) is 0.600. The average Bonchev–Trinajstić information content (AvgIpc) is 3.36. The van der Waals surface area contributed by atoms with Crippen molar-refractivity contribution in [2.24, 2.45) is 0 Å². The molecule has 0 aliphatic carbocycles. The molecule has 394 valence electrons. The van der Waals surface area contributed by atoms with Gasteiger partial charge in [0.25, 0.3) is 0 Å². The van der Waals surface area contributed by atoms with Crippen molar-refractivity contribution < 1.29 is 23.8 Å². The van der Waals surface area contributed by atoms with E-state index in [1.54, 1.807) is 0 Å². The summed E-state index contributed by atoms with van der Waals surface area (Å²) in [6, 6.07) is 0. The lowest BCUT2D eigenvalue weighted by molar-refractivity contribution is -0.163. The minimum Gasteiger partial charge on any atom is -0.462 e. The van der Waals surface area contributed by atoms with Gasteiger partial charge in [-0.25, -0.2) is 0 Å². The van der Waals surface area contributed by atoms with E-state index >= 15 is 0 Å². The van der Waals surface area contributed by atoms with Crippen molar-refractivity contribution in [1.29, 1.82) is 0 Å². The van der Waals surface area contributed by atoms with E-state index in [4.69, 9.17) is 14.2 Å². The van der Waals surface area contributed by atoms with Gasteiger partial charge in [0.2, 0.25) is 0 Å². The number of rotatable bonds is 50. The van der Waals surface area contributed by atoms with Gasteiger partial charge in [-0.1, -0.05) is 218 Å². The first-order chi connectivity index (χ1) is 34.6. The zero-order valence-corrected chi connectivity index (χ0v) is 45.2. The molecule has 0 aromatic rings. The van der Waals surface area contributed by atoms with Crippen LogP contribution in [0, 0.1) is 0 Å². The van der Waals surface area contributed by atoms with Gasteiger partial charge >= 0.3 is 11.9 Å². The van der Waals surface area contributed by atoms with E-state index in [-0.39, 0.29) is 25.2 Å². The third-order valence-corrected chi connectivity index (χ3v) is 11.3.